The van der Waals surface area contributed by atoms with Crippen LogP contribution in [0.5, 0.6) is 0 Å². The molecule has 0 spiro atoms. The van der Waals surface area contributed by atoms with E-state index in [-0.39, 0.29) is 25.6 Å². The molecule has 0 aromatic carbocycles. The first-order chi connectivity index (χ1) is 49.0. The van der Waals surface area contributed by atoms with Gasteiger partial charge in [-0.2, -0.15) is 0 Å². The highest BCUT2D eigenvalue weighted by Crippen LogP contribution is 2.43. The molecule has 0 bridgehead atoms. The Labute approximate surface area is 623 Å². The molecule has 2 atom stereocenters. The molecule has 588 valence electrons. The topological polar surface area (TPSA) is 108 Å². The highest BCUT2D eigenvalue weighted by atomic mass is 31.2. The van der Waals surface area contributed by atoms with Crippen LogP contribution in [0, 0.1) is 0 Å². The number of hydrogen-bond donors (Lipinski definition) is 1. The number of carbonyl (C=O) groups is 2. The summed E-state index contributed by atoms with van der Waals surface area (Å²) in [6.07, 6.45) is 110. The van der Waals surface area contributed by atoms with Gasteiger partial charge in [-0.25, -0.2) is 4.57 Å². The van der Waals surface area contributed by atoms with Gasteiger partial charge in [0.2, 0.25) is 0 Å². The quantitative estimate of drug-likeness (QED) is 0.0211. The summed E-state index contributed by atoms with van der Waals surface area (Å²) in [6.45, 7) is 4.41. The van der Waals surface area contributed by atoms with Gasteiger partial charge in [-0.3, -0.25) is 18.6 Å². The SMILES string of the molecule is CC/C=C\C/C=C\C/C=C\C/C=C\C/C=C\CCCCCCCCCCCCCCCCCCCCCCCC(=O)OC(COC(=O)CCCCCCCCCCCCCCCCCCCCCCCCCCCCCCCCCCCCCCCCC)COP(=O)(O)OCC[N+](C)(C)C. The largest absolute Gasteiger partial charge is 0.472 e. The first-order valence-corrected chi connectivity index (χ1v) is 45.5. The Morgan fingerprint density at radius 2 is 0.570 bits per heavy atom. The molecular formula is C90H171NO8P+. The Morgan fingerprint density at radius 1 is 0.320 bits per heavy atom. The smallest absolute Gasteiger partial charge is 0.462 e. The zero-order valence-electron chi connectivity index (χ0n) is 67.5. The van der Waals surface area contributed by atoms with Gasteiger partial charge in [0.25, 0.3) is 0 Å². The normalized spacial score (nSPS) is 13.2. The van der Waals surface area contributed by atoms with Crippen molar-refractivity contribution in [2.45, 2.75) is 457 Å². The second kappa shape index (κ2) is 80.8. The molecule has 0 radical (unpaired) electrons. The first-order valence-electron chi connectivity index (χ1n) is 44.0. The van der Waals surface area contributed by atoms with Gasteiger partial charge in [0.15, 0.2) is 6.10 Å². The molecule has 0 aliphatic heterocycles. The van der Waals surface area contributed by atoms with Crippen molar-refractivity contribution < 1.29 is 42.1 Å². The molecule has 0 rings (SSSR count). The third-order valence-electron chi connectivity index (χ3n) is 20.1. The molecule has 0 amide bonds. The van der Waals surface area contributed by atoms with Crippen LogP contribution in [0.25, 0.3) is 0 Å². The first kappa shape index (κ1) is 97.7. The van der Waals surface area contributed by atoms with Crippen LogP contribution in [-0.4, -0.2) is 74.9 Å². The lowest BCUT2D eigenvalue weighted by atomic mass is 10.0. The minimum atomic E-state index is -4.40. The average molecular weight is 1430 g/mol. The Balaban J connectivity index is 3.85. The molecule has 0 fully saturated rings. The van der Waals surface area contributed by atoms with Gasteiger partial charge in [0, 0.05) is 12.8 Å². The predicted octanol–water partition coefficient (Wildman–Crippen LogP) is 29.6. The van der Waals surface area contributed by atoms with E-state index in [9.17, 15) is 19.0 Å². The summed E-state index contributed by atoms with van der Waals surface area (Å²) in [5.74, 6) is -0.771. The molecular weight excluding hydrogens is 1250 g/mol. The molecule has 0 aromatic heterocycles. The number of unbranched alkanes of at least 4 members (excludes halogenated alkanes) is 59. The van der Waals surface area contributed by atoms with Crippen molar-refractivity contribution in [2.75, 3.05) is 47.5 Å². The van der Waals surface area contributed by atoms with E-state index in [1.807, 2.05) is 21.1 Å². The van der Waals surface area contributed by atoms with E-state index in [0.29, 0.717) is 23.9 Å². The van der Waals surface area contributed by atoms with Gasteiger partial charge in [0.1, 0.15) is 19.8 Å². The van der Waals surface area contributed by atoms with Crippen LogP contribution in [-0.2, 0) is 32.7 Å². The third kappa shape index (κ3) is 84.6. The van der Waals surface area contributed by atoms with Crippen LogP contribution < -0.4 is 0 Å². The number of nitrogens with zero attached hydrogens (tertiary/aromatic N) is 1. The summed E-state index contributed by atoms with van der Waals surface area (Å²) in [6, 6.07) is 0. The molecule has 1 N–H and O–H groups in total. The van der Waals surface area contributed by atoms with E-state index in [1.165, 1.54) is 353 Å². The molecule has 10 heteroatoms. The highest BCUT2D eigenvalue weighted by Gasteiger charge is 2.27. The van der Waals surface area contributed by atoms with Crippen molar-refractivity contribution in [3.63, 3.8) is 0 Å². The zero-order chi connectivity index (χ0) is 72.5. The Kier molecular flexibility index (Phi) is 78.9. The summed E-state index contributed by atoms with van der Waals surface area (Å²) < 4.78 is 34.9. The maximum absolute atomic E-state index is 12.9. The maximum Gasteiger partial charge on any atom is 0.472 e. The number of phosphoric acid groups is 1. The van der Waals surface area contributed by atoms with E-state index >= 15 is 0 Å². The average Bonchev–Trinajstić information content (AvgIpc) is 1.02. The third-order valence-corrected chi connectivity index (χ3v) is 21.0. The Hall–Kier alpha value is -2.29. The monoisotopic (exact) mass is 1430 g/mol. The number of esters is 2. The predicted molar refractivity (Wildman–Crippen MR) is 436 cm³/mol. The number of likely N-dealkylation sites (N-methyl/N-ethyl adjacent to an activating group) is 1. The van der Waals surface area contributed by atoms with Gasteiger partial charge < -0.3 is 18.9 Å². The van der Waals surface area contributed by atoms with Crippen molar-refractivity contribution in [3.05, 3.63) is 60.8 Å². The maximum atomic E-state index is 12.9. The lowest BCUT2D eigenvalue weighted by molar-refractivity contribution is -0.870. The molecule has 9 nitrogen and oxygen atoms in total. The molecule has 100 heavy (non-hydrogen) atoms. The van der Waals surface area contributed by atoms with Crippen molar-refractivity contribution in [2.24, 2.45) is 0 Å². The summed E-state index contributed by atoms with van der Waals surface area (Å²) in [5.41, 5.74) is 0. The van der Waals surface area contributed by atoms with E-state index in [1.54, 1.807) is 0 Å². The second-order valence-electron chi connectivity index (χ2n) is 31.3. The van der Waals surface area contributed by atoms with Crippen LogP contribution in [0.4, 0.5) is 0 Å². The van der Waals surface area contributed by atoms with E-state index < -0.39 is 26.5 Å². The van der Waals surface area contributed by atoms with Crippen molar-refractivity contribution in [1.82, 2.24) is 0 Å². The summed E-state index contributed by atoms with van der Waals surface area (Å²) in [5, 5.41) is 0. The molecule has 0 aliphatic rings. The number of quaternary nitrogens is 1. The minimum Gasteiger partial charge on any atom is -0.462 e. The number of phosphoric ester groups is 1. The number of hydrogen-bond acceptors (Lipinski definition) is 7. The van der Waals surface area contributed by atoms with Crippen LogP contribution in [0.1, 0.15) is 450 Å². The number of carbonyl (C=O) groups excluding carboxylic acids is 2. The molecule has 0 aromatic rings. The van der Waals surface area contributed by atoms with Crippen LogP contribution in [0.15, 0.2) is 60.8 Å². The Bertz CT molecular complexity index is 1870. The lowest BCUT2D eigenvalue weighted by Crippen LogP contribution is -2.37. The zero-order valence-corrected chi connectivity index (χ0v) is 68.4. The summed E-state index contributed by atoms with van der Waals surface area (Å²) in [4.78, 5) is 36.1. The number of rotatable bonds is 83. The molecule has 0 saturated carbocycles. The molecule has 0 heterocycles. The number of allylic oxidation sites excluding steroid dienone is 10. The second-order valence-corrected chi connectivity index (χ2v) is 32.7. The fraction of sp³-hybridized carbons (Fsp3) is 0.867. The van der Waals surface area contributed by atoms with Gasteiger partial charge in [-0.15, -0.1) is 0 Å². The van der Waals surface area contributed by atoms with E-state index in [4.69, 9.17) is 18.5 Å². The standard InChI is InChI=1S/C90H170NO8P/c1-6-8-10-12-14-16-18-20-22-24-26-28-30-32-34-36-38-40-42-44-45-47-48-50-52-54-56-58-60-62-64-66-68-70-72-74-76-78-80-82-89(92)96-86-88(87-98-100(94,95)97-85-84-91(3,4)5)99-90(93)83-81-79-77-75-73-71-69-67-65-63-61-59-57-55-53-51-49-46-43-41-39-37-35-33-31-29-27-25-23-21-19-17-15-13-11-9-7-2/h9,11,15,17,21,23,27,29,33,35,88H,6-8,10,12-14,16,18-20,22,24-26,28,30-32,34,36-87H2,1-5H3/p+1/b11-9-,17-15-,23-21-,29-27-,35-33-. The van der Waals surface area contributed by atoms with E-state index in [2.05, 4.69) is 74.6 Å². The Morgan fingerprint density at radius 3 is 0.850 bits per heavy atom. The van der Waals surface area contributed by atoms with Crippen LogP contribution >= 0.6 is 7.82 Å². The molecule has 2 unspecified atom stereocenters. The molecule has 0 aliphatic carbocycles. The van der Waals surface area contributed by atoms with Crippen molar-refractivity contribution in [3.8, 4) is 0 Å². The van der Waals surface area contributed by atoms with Crippen LogP contribution in [0.2, 0.25) is 0 Å². The van der Waals surface area contributed by atoms with Gasteiger partial charge in [0.05, 0.1) is 27.7 Å². The van der Waals surface area contributed by atoms with Gasteiger partial charge in [-0.05, 0) is 57.8 Å². The van der Waals surface area contributed by atoms with Crippen LogP contribution in [0.3, 0.4) is 0 Å². The van der Waals surface area contributed by atoms with Gasteiger partial charge in [-0.1, -0.05) is 441 Å². The molecule has 0 saturated heterocycles. The van der Waals surface area contributed by atoms with Crippen molar-refractivity contribution >= 4 is 19.8 Å². The fourth-order valence-corrected chi connectivity index (χ4v) is 14.1. The highest BCUT2D eigenvalue weighted by molar-refractivity contribution is 7.47. The lowest BCUT2D eigenvalue weighted by Gasteiger charge is -2.24. The van der Waals surface area contributed by atoms with Crippen molar-refractivity contribution in [1.29, 1.82) is 0 Å². The minimum absolute atomic E-state index is 0.0345. The van der Waals surface area contributed by atoms with Gasteiger partial charge >= 0.3 is 19.8 Å². The van der Waals surface area contributed by atoms with E-state index in [0.717, 1.165) is 64.2 Å². The summed E-state index contributed by atoms with van der Waals surface area (Å²) >= 11 is 0. The fourth-order valence-electron chi connectivity index (χ4n) is 13.4. The number of ether oxygens (including phenoxy) is 2. The summed E-state index contributed by atoms with van der Waals surface area (Å²) in [7, 11) is 1.50.